The van der Waals surface area contributed by atoms with Crippen molar-refractivity contribution in [3.8, 4) is 0 Å². The maximum absolute atomic E-state index is 12.9. The molecule has 4 rings (SSSR count). The summed E-state index contributed by atoms with van der Waals surface area (Å²) in [7, 11) is 0. The van der Waals surface area contributed by atoms with Crippen LogP contribution in [0, 0.1) is 51.2 Å². The Bertz CT molecular complexity index is 769. The van der Waals surface area contributed by atoms with Crippen molar-refractivity contribution in [1.29, 1.82) is 0 Å². The molecule has 0 spiro atoms. The van der Waals surface area contributed by atoms with Gasteiger partial charge in [0.1, 0.15) is 5.78 Å². The highest BCUT2D eigenvalue weighted by molar-refractivity contribution is 5.85. The summed E-state index contributed by atoms with van der Waals surface area (Å²) < 4.78 is 0. The topological polar surface area (TPSA) is 57.5 Å². The van der Waals surface area contributed by atoms with E-state index in [1.165, 1.54) is 0 Å². The molecule has 0 aromatic carbocycles. The SMILES string of the molecule is CC(C)CCC[C@@](C)(O)[C@H]1CC[C@]2(C)[C@@H]1C(O)C[C@@H]1[C@@]3(C)CCC(=O)C(C)(C)C3CC[C@]12C. The van der Waals surface area contributed by atoms with E-state index in [-0.39, 0.29) is 39.6 Å². The number of hydrogen-bond donors (Lipinski definition) is 2. The maximum atomic E-state index is 12.9. The van der Waals surface area contributed by atoms with Gasteiger partial charge in [0.25, 0.3) is 0 Å². The Hall–Kier alpha value is -0.410. The Kier molecular flexibility index (Phi) is 6.26. The van der Waals surface area contributed by atoms with Crippen LogP contribution in [-0.4, -0.2) is 27.7 Å². The minimum atomic E-state index is -0.707. The molecule has 2 N–H and O–H groups in total. The summed E-state index contributed by atoms with van der Waals surface area (Å²) in [4.78, 5) is 12.9. The van der Waals surface area contributed by atoms with Crippen LogP contribution in [0.4, 0.5) is 0 Å². The second kappa shape index (κ2) is 8.05. The highest BCUT2D eigenvalue weighted by atomic mass is 16.3. The van der Waals surface area contributed by atoms with Crippen LogP contribution in [0.2, 0.25) is 0 Å². The number of carbonyl (C=O) groups is 1. The quantitative estimate of drug-likeness (QED) is 0.475. The summed E-state index contributed by atoms with van der Waals surface area (Å²) in [5.74, 6) is 2.30. The average Bonchev–Trinajstić information content (AvgIpc) is 3.08. The highest BCUT2D eigenvalue weighted by Gasteiger charge is 2.71. The van der Waals surface area contributed by atoms with E-state index in [9.17, 15) is 15.0 Å². The number of rotatable bonds is 5. The van der Waals surface area contributed by atoms with Crippen LogP contribution in [0.3, 0.4) is 0 Å². The molecular formula is C30H52O3. The largest absolute Gasteiger partial charge is 0.393 e. The van der Waals surface area contributed by atoms with Crippen LogP contribution in [0.1, 0.15) is 120 Å². The third-order valence-corrected chi connectivity index (χ3v) is 12.4. The van der Waals surface area contributed by atoms with Gasteiger partial charge in [-0.05, 0) is 97.7 Å². The van der Waals surface area contributed by atoms with Gasteiger partial charge in [0.15, 0.2) is 0 Å². The van der Waals surface area contributed by atoms with E-state index in [4.69, 9.17) is 0 Å². The average molecular weight is 461 g/mol. The molecule has 0 aliphatic heterocycles. The number of carbonyl (C=O) groups excluding carboxylic acids is 1. The second-order valence-electron chi connectivity index (χ2n) is 14.7. The Morgan fingerprint density at radius 1 is 1.00 bits per heavy atom. The molecule has 2 unspecified atom stereocenters. The van der Waals surface area contributed by atoms with Gasteiger partial charge in [-0.25, -0.2) is 0 Å². The van der Waals surface area contributed by atoms with Gasteiger partial charge in [-0.3, -0.25) is 4.79 Å². The summed E-state index contributed by atoms with van der Waals surface area (Å²) in [6.07, 6.45) is 9.61. The highest BCUT2D eigenvalue weighted by Crippen LogP contribution is 2.75. The standard InChI is InChI=1S/C30H52O3/c1-19(2)10-9-14-30(8,33)20-11-16-29(7)25(20)21(31)18-23-27(5)15-13-24(32)26(3,4)22(27)12-17-28(23,29)6/h19-23,25,31,33H,9-18H2,1-8H3/t20-,21?,22?,23+,25-,27-,28+,29+,30+/m0/s1. The molecule has 0 saturated heterocycles. The summed E-state index contributed by atoms with van der Waals surface area (Å²) in [5.41, 5.74) is -0.655. The molecule has 190 valence electrons. The smallest absolute Gasteiger partial charge is 0.138 e. The maximum Gasteiger partial charge on any atom is 0.138 e. The van der Waals surface area contributed by atoms with Crippen LogP contribution in [-0.2, 0) is 4.79 Å². The zero-order chi connectivity index (χ0) is 24.6. The molecule has 3 nitrogen and oxygen atoms in total. The number of ketones is 1. The van der Waals surface area contributed by atoms with Crippen LogP contribution in [0.15, 0.2) is 0 Å². The van der Waals surface area contributed by atoms with E-state index in [0.29, 0.717) is 30.0 Å². The van der Waals surface area contributed by atoms with Gasteiger partial charge in [-0.2, -0.15) is 0 Å². The Morgan fingerprint density at radius 2 is 1.64 bits per heavy atom. The zero-order valence-electron chi connectivity index (χ0n) is 22.8. The van der Waals surface area contributed by atoms with Crippen molar-refractivity contribution < 1.29 is 15.0 Å². The molecule has 4 saturated carbocycles. The molecule has 0 radical (unpaired) electrons. The second-order valence-corrected chi connectivity index (χ2v) is 14.7. The molecule has 9 atom stereocenters. The third kappa shape index (κ3) is 3.61. The van der Waals surface area contributed by atoms with Gasteiger partial charge in [0.2, 0.25) is 0 Å². The monoisotopic (exact) mass is 460 g/mol. The summed E-state index contributed by atoms with van der Waals surface area (Å²) in [6.45, 7) is 18.4. The number of aliphatic hydroxyl groups is 2. The van der Waals surface area contributed by atoms with Crippen LogP contribution < -0.4 is 0 Å². The normalized spacial score (nSPS) is 48.7. The van der Waals surface area contributed by atoms with Crippen LogP contribution in [0.5, 0.6) is 0 Å². The van der Waals surface area contributed by atoms with Crippen LogP contribution >= 0.6 is 0 Å². The van der Waals surface area contributed by atoms with Crippen molar-refractivity contribution in [2.24, 2.45) is 51.2 Å². The van der Waals surface area contributed by atoms with E-state index in [1.54, 1.807) is 0 Å². The molecule has 0 amide bonds. The first-order chi connectivity index (χ1) is 15.1. The van der Waals surface area contributed by atoms with Crippen molar-refractivity contribution in [2.75, 3.05) is 0 Å². The Balaban J connectivity index is 1.65. The van der Waals surface area contributed by atoms with E-state index >= 15 is 0 Å². The first-order valence-electron chi connectivity index (χ1n) is 14.0. The zero-order valence-corrected chi connectivity index (χ0v) is 22.8. The third-order valence-electron chi connectivity index (χ3n) is 12.4. The summed E-state index contributed by atoms with van der Waals surface area (Å²) >= 11 is 0. The van der Waals surface area contributed by atoms with Crippen molar-refractivity contribution in [3.63, 3.8) is 0 Å². The van der Waals surface area contributed by atoms with Gasteiger partial charge in [0, 0.05) is 11.8 Å². The molecule has 0 bridgehead atoms. The molecule has 0 aromatic rings. The minimum Gasteiger partial charge on any atom is -0.393 e. The summed E-state index contributed by atoms with van der Waals surface area (Å²) in [5, 5.41) is 23.4. The van der Waals surface area contributed by atoms with E-state index in [2.05, 4.69) is 55.4 Å². The number of fused-ring (bicyclic) bond motifs is 5. The molecular weight excluding hydrogens is 408 g/mol. The van der Waals surface area contributed by atoms with Crippen molar-refractivity contribution in [2.45, 2.75) is 131 Å². The number of hydrogen-bond acceptors (Lipinski definition) is 3. The Morgan fingerprint density at radius 3 is 2.27 bits per heavy atom. The van der Waals surface area contributed by atoms with Gasteiger partial charge >= 0.3 is 0 Å². The fraction of sp³-hybridized carbons (Fsp3) is 0.967. The van der Waals surface area contributed by atoms with E-state index in [1.807, 2.05) is 0 Å². The molecule has 4 fully saturated rings. The van der Waals surface area contributed by atoms with Gasteiger partial charge in [0.05, 0.1) is 11.7 Å². The van der Waals surface area contributed by atoms with Gasteiger partial charge in [-0.15, -0.1) is 0 Å². The molecule has 0 heterocycles. The van der Waals surface area contributed by atoms with Gasteiger partial charge in [-0.1, -0.05) is 61.3 Å². The molecule has 4 aliphatic carbocycles. The van der Waals surface area contributed by atoms with Crippen LogP contribution in [0.25, 0.3) is 0 Å². The minimum absolute atomic E-state index is 0.0433. The lowest BCUT2D eigenvalue weighted by Crippen LogP contribution is -2.66. The summed E-state index contributed by atoms with van der Waals surface area (Å²) in [6, 6.07) is 0. The lowest BCUT2D eigenvalue weighted by atomic mass is 9.35. The Labute approximate surface area is 203 Å². The van der Waals surface area contributed by atoms with Crippen molar-refractivity contribution in [1.82, 2.24) is 0 Å². The number of aliphatic hydroxyl groups excluding tert-OH is 1. The fourth-order valence-corrected chi connectivity index (χ4v) is 10.3. The van der Waals surface area contributed by atoms with E-state index in [0.717, 1.165) is 57.8 Å². The van der Waals surface area contributed by atoms with E-state index < -0.39 is 5.60 Å². The molecule has 3 heteroatoms. The molecule has 0 aromatic heterocycles. The van der Waals surface area contributed by atoms with Gasteiger partial charge < -0.3 is 10.2 Å². The lowest BCUT2D eigenvalue weighted by molar-refractivity contribution is -0.232. The van der Waals surface area contributed by atoms with Crippen molar-refractivity contribution in [3.05, 3.63) is 0 Å². The number of Topliss-reactive ketones (excluding diaryl/α,β-unsaturated/α-hetero) is 1. The first-order valence-corrected chi connectivity index (χ1v) is 14.0. The predicted octanol–water partition coefficient (Wildman–Crippen LogP) is 6.79. The molecule has 4 aliphatic rings. The molecule has 33 heavy (non-hydrogen) atoms. The first kappa shape index (κ1) is 25.7. The van der Waals surface area contributed by atoms with Crippen molar-refractivity contribution >= 4 is 5.78 Å². The lowest BCUT2D eigenvalue weighted by Gasteiger charge is -2.69. The predicted molar refractivity (Wildman–Crippen MR) is 135 cm³/mol. The fourth-order valence-electron chi connectivity index (χ4n) is 10.3.